The molecule has 0 radical (unpaired) electrons. The van der Waals surface area contributed by atoms with Crippen LogP contribution in [0.15, 0.2) is 78.8 Å². The van der Waals surface area contributed by atoms with Gasteiger partial charge in [0.2, 0.25) is 9.84 Å². The van der Waals surface area contributed by atoms with Gasteiger partial charge >= 0.3 is 0 Å². The quantitative estimate of drug-likeness (QED) is 0.442. The Morgan fingerprint density at radius 3 is 2.55 bits per heavy atom. The Kier molecular flexibility index (Phi) is 3.96. The maximum atomic E-state index is 13.3. The van der Waals surface area contributed by atoms with Crippen molar-refractivity contribution < 1.29 is 12.8 Å². The molecule has 0 saturated heterocycles. The van der Waals surface area contributed by atoms with Gasteiger partial charge in [-0.25, -0.2) is 18.4 Å². The van der Waals surface area contributed by atoms with Crippen LogP contribution in [0.3, 0.4) is 0 Å². The largest absolute Gasteiger partial charge is 0.463 e. The second-order valence-electron chi connectivity index (χ2n) is 6.11. The second-order valence-corrected chi connectivity index (χ2v) is 9.17. The van der Waals surface area contributed by atoms with E-state index < -0.39 is 9.84 Å². The molecule has 0 aliphatic carbocycles. The standard InChI is InChI=1S/C19H13N5O3S2/c20-18-17(29(25,26)15-8-4-10-28-15)16-19(23-14-7-2-1-6-13(14)22-16)24(18)21-11-12-5-3-9-27-12/h1-11H,20H2. The number of nitrogens with two attached hydrogens (primary N) is 1. The number of nitrogens with zero attached hydrogens (tertiary/aromatic N) is 4. The molecule has 5 rings (SSSR count). The SMILES string of the molecule is Nc1c(S(=O)(=O)c2cccs2)c2nc3ccccc3nc2n1N=Cc1ccco1. The summed E-state index contributed by atoms with van der Waals surface area (Å²) >= 11 is 1.11. The molecule has 0 spiro atoms. The lowest BCUT2D eigenvalue weighted by Gasteiger charge is -2.02. The molecule has 5 aromatic rings. The zero-order valence-electron chi connectivity index (χ0n) is 14.8. The summed E-state index contributed by atoms with van der Waals surface area (Å²) in [6.45, 7) is 0. The number of anilines is 1. The van der Waals surface area contributed by atoms with Gasteiger partial charge in [-0.2, -0.15) is 9.78 Å². The van der Waals surface area contributed by atoms with Crippen LogP contribution in [-0.2, 0) is 9.84 Å². The predicted molar refractivity (Wildman–Crippen MR) is 111 cm³/mol. The topological polar surface area (TPSA) is 116 Å². The number of furan rings is 1. The predicted octanol–water partition coefficient (Wildman–Crippen LogP) is 3.54. The third kappa shape index (κ3) is 2.80. The van der Waals surface area contributed by atoms with Crippen LogP contribution < -0.4 is 5.73 Å². The van der Waals surface area contributed by atoms with Gasteiger partial charge in [0.1, 0.15) is 26.2 Å². The Labute approximate surface area is 168 Å². The van der Waals surface area contributed by atoms with Gasteiger partial charge in [-0.15, -0.1) is 11.3 Å². The van der Waals surface area contributed by atoms with E-state index in [0.717, 1.165) is 11.3 Å². The van der Waals surface area contributed by atoms with Crippen molar-refractivity contribution in [3.8, 4) is 0 Å². The number of hydrogen-bond donors (Lipinski definition) is 1. The van der Waals surface area contributed by atoms with Crippen LogP contribution >= 0.6 is 11.3 Å². The Bertz CT molecular complexity index is 1470. The summed E-state index contributed by atoms with van der Waals surface area (Å²) in [6.07, 6.45) is 2.95. The van der Waals surface area contributed by atoms with Gasteiger partial charge in [-0.3, -0.25) is 0 Å². The molecule has 0 bridgehead atoms. The summed E-state index contributed by atoms with van der Waals surface area (Å²) < 4.78 is 33.3. The zero-order chi connectivity index (χ0) is 20.0. The van der Waals surface area contributed by atoms with Crippen LogP contribution in [-0.4, -0.2) is 29.3 Å². The number of nitrogen functional groups attached to an aromatic ring is 1. The highest BCUT2D eigenvalue weighted by Gasteiger charge is 2.31. The van der Waals surface area contributed by atoms with E-state index in [0.29, 0.717) is 16.8 Å². The molecule has 10 heteroatoms. The van der Waals surface area contributed by atoms with Crippen molar-refractivity contribution in [2.75, 3.05) is 5.73 Å². The molecule has 0 unspecified atom stereocenters. The molecular formula is C19H13N5O3S2. The molecule has 4 aromatic heterocycles. The normalized spacial score (nSPS) is 12.4. The number of sulfone groups is 1. The monoisotopic (exact) mass is 423 g/mol. The molecule has 1 aromatic carbocycles. The number of para-hydroxylation sites is 2. The first-order valence-electron chi connectivity index (χ1n) is 8.49. The van der Waals surface area contributed by atoms with Gasteiger partial charge in [0, 0.05) is 0 Å². The third-order valence-electron chi connectivity index (χ3n) is 4.30. The lowest BCUT2D eigenvalue weighted by molar-refractivity contribution is 0.559. The van der Waals surface area contributed by atoms with Gasteiger partial charge in [0.25, 0.3) is 0 Å². The van der Waals surface area contributed by atoms with Crippen molar-refractivity contribution in [2.45, 2.75) is 9.10 Å². The lowest BCUT2D eigenvalue weighted by atomic mass is 10.3. The molecule has 0 amide bonds. The van der Waals surface area contributed by atoms with Crippen LogP contribution in [0, 0.1) is 0 Å². The van der Waals surface area contributed by atoms with Gasteiger partial charge in [-0.05, 0) is 35.7 Å². The smallest absolute Gasteiger partial charge is 0.221 e. The Morgan fingerprint density at radius 2 is 1.86 bits per heavy atom. The molecule has 0 saturated carbocycles. The average molecular weight is 423 g/mol. The molecule has 0 atom stereocenters. The summed E-state index contributed by atoms with van der Waals surface area (Å²) in [5.41, 5.74) is 7.86. The molecule has 0 aliphatic rings. The molecule has 144 valence electrons. The van der Waals surface area contributed by atoms with Gasteiger partial charge < -0.3 is 10.2 Å². The summed E-state index contributed by atoms with van der Waals surface area (Å²) in [5, 5.41) is 6.00. The fraction of sp³-hybridized carbons (Fsp3) is 0. The van der Waals surface area contributed by atoms with Crippen molar-refractivity contribution in [2.24, 2.45) is 5.10 Å². The Balaban J connectivity index is 1.85. The molecule has 29 heavy (non-hydrogen) atoms. The zero-order valence-corrected chi connectivity index (χ0v) is 16.4. The van der Waals surface area contributed by atoms with E-state index in [1.165, 1.54) is 23.2 Å². The minimum absolute atomic E-state index is 0.0634. The van der Waals surface area contributed by atoms with Crippen LogP contribution in [0.5, 0.6) is 0 Å². The van der Waals surface area contributed by atoms with Crippen molar-refractivity contribution in [3.63, 3.8) is 0 Å². The van der Waals surface area contributed by atoms with Crippen molar-refractivity contribution in [1.29, 1.82) is 0 Å². The Morgan fingerprint density at radius 1 is 1.07 bits per heavy atom. The number of fused-ring (bicyclic) bond motifs is 2. The maximum Gasteiger partial charge on any atom is 0.221 e. The van der Waals surface area contributed by atoms with E-state index in [1.807, 2.05) is 12.1 Å². The highest BCUT2D eigenvalue weighted by molar-refractivity contribution is 7.93. The molecular weight excluding hydrogens is 410 g/mol. The minimum Gasteiger partial charge on any atom is -0.463 e. The van der Waals surface area contributed by atoms with Crippen LogP contribution in [0.25, 0.3) is 22.2 Å². The highest BCUT2D eigenvalue weighted by atomic mass is 32.2. The van der Waals surface area contributed by atoms with E-state index in [-0.39, 0.29) is 26.1 Å². The van der Waals surface area contributed by atoms with E-state index in [2.05, 4.69) is 15.1 Å². The summed E-state index contributed by atoms with van der Waals surface area (Å²) in [4.78, 5) is 9.01. The minimum atomic E-state index is -3.90. The first-order chi connectivity index (χ1) is 14.1. The van der Waals surface area contributed by atoms with Crippen LogP contribution in [0.2, 0.25) is 0 Å². The van der Waals surface area contributed by atoms with Crippen molar-refractivity contribution in [3.05, 3.63) is 65.9 Å². The first kappa shape index (κ1) is 17.6. The van der Waals surface area contributed by atoms with E-state index in [1.54, 1.807) is 35.7 Å². The fourth-order valence-corrected chi connectivity index (χ4v) is 5.58. The molecule has 8 nitrogen and oxygen atoms in total. The highest BCUT2D eigenvalue weighted by Crippen LogP contribution is 2.36. The summed E-state index contributed by atoms with van der Waals surface area (Å²) in [5.74, 6) is 0.425. The van der Waals surface area contributed by atoms with E-state index in [9.17, 15) is 8.42 Å². The third-order valence-corrected chi connectivity index (χ3v) is 7.52. The fourth-order valence-electron chi connectivity index (χ4n) is 3.00. The number of aromatic nitrogens is 3. The van der Waals surface area contributed by atoms with E-state index in [4.69, 9.17) is 10.2 Å². The number of rotatable bonds is 4. The Hall–Kier alpha value is -3.50. The summed E-state index contributed by atoms with van der Waals surface area (Å²) in [6, 6.07) is 13.8. The van der Waals surface area contributed by atoms with Crippen LogP contribution in [0.4, 0.5) is 5.82 Å². The average Bonchev–Trinajstić information content (AvgIpc) is 3.46. The molecule has 0 aliphatic heterocycles. The van der Waals surface area contributed by atoms with Gasteiger partial charge in [0.05, 0.1) is 23.5 Å². The molecule has 2 N–H and O–H groups in total. The lowest BCUT2D eigenvalue weighted by Crippen LogP contribution is -2.05. The number of hydrogen-bond acceptors (Lipinski definition) is 8. The van der Waals surface area contributed by atoms with Gasteiger partial charge in [0.15, 0.2) is 5.65 Å². The van der Waals surface area contributed by atoms with Crippen molar-refractivity contribution in [1.82, 2.24) is 14.6 Å². The molecule has 0 fully saturated rings. The van der Waals surface area contributed by atoms with Crippen molar-refractivity contribution >= 4 is 55.4 Å². The number of thiophene rings is 1. The first-order valence-corrected chi connectivity index (χ1v) is 10.8. The van der Waals surface area contributed by atoms with Gasteiger partial charge in [-0.1, -0.05) is 18.2 Å². The molecule has 4 heterocycles. The maximum absolute atomic E-state index is 13.3. The van der Waals surface area contributed by atoms with E-state index >= 15 is 0 Å². The number of benzene rings is 1. The second kappa shape index (κ2) is 6.54. The van der Waals surface area contributed by atoms with Crippen LogP contribution in [0.1, 0.15) is 5.76 Å². The summed E-state index contributed by atoms with van der Waals surface area (Å²) in [7, 11) is -3.90.